The van der Waals surface area contributed by atoms with Crippen LogP contribution < -0.4 is 15.5 Å². The van der Waals surface area contributed by atoms with Crippen LogP contribution >= 0.6 is 23.2 Å². The van der Waals surface area contributed by atoms with Gasteiger partial charge >= 0.3 is 0 Å². The number of ether oxygens (including phenoxy) is 1. The Labute approximate surface area is 180 Å². The summed E-state index contributed by atoms with van der Waals surface area (Å²) in [4.78, 5) is 8.18. The van der Waals surface area contributed by atoms with Crippen LogP contribution in [-0.2, 0) is 0 Å². The van der Waals surface area contributed by atoms with Crippen LogP contribution in [-0.4, -0.2) is 21.9 Å². The number of nitrogen functional groups attached to an aromatic ring is 1. The fraction of sp³-hybridized carbons (Fsp3) is 0.150. The third-order valence-corrected chi connectivity index (χ3v) is 5.04. The van der Waals surface area contributed by atoms with Crippen molar-refractivity contribution in [1.82, 2.24) is 9.97 Å². The molecule has 1 atom stereocenters. The van der Waals surface area contributed by atoms with E-state index in [2.05, 4.69) is 15.1 Å². The first kappa shape index (κ1) is 20.3. The zero-order valence-electron chi connectivity index (χ0n) is 15.6. The highest BCUT2D eigenvalue weighted by Crippen LogP contribution is 2.35. The van der Waals surface area contributed by atoms with Gasteiger partial charge in [0.2, 0.25) is 5.88 Å². The number of benzene rings is 2. The summed E-state index contributed by atoms with van der Waals surface area (Å²) in [6.45, 7) is 1.65. The van der Waals surface area contributed by atoms with Gasteiger partial charge in [0.05, 0.1) is 22.8 Å². The molecule has 0 unspecified atom stereocenters. The molecule has 1 aromatic heterocycles. The molecule has 2 heterocycles. The van der Waals surface area contributed by atoms with Gasteiger partial charge in [-0.05, 0) is 31.2 Å². The van der Waals surface area contributed by atoms with Crippen molar-refractivity contribution < 1.29 is 13.5 Å². The number of nitrogens with zero attached hydrogens (tertiary/aromatic N) is 4. The molecule has 6 nitrogen and oxygen atoms in total. The van der Waals surface area contributed by atoms with Crippen LogP contribution in [0.1, 0.15) is 17.8 Å². The predicted octanol–water partition coefficient (Wildman–Crippen LogP) is 4.97. The summed E-state index contributed by atoms with van der Waals surface area (Å²) in [7, 11) is 0. The van der Waals surface area contributed by atoms with Gasteiger partial charge in [0, 0.05) is 11.6 Å². The topological polar surface area (TPSA) is 76.6 Å². The van der Waals surface area contributed by atoms with Crippen molar-refractivity contribution in [3.63, 3.8) is 0 Å². The quantitative estimate of drug-likeness (QED) is 0.568. The Hall–Kier alpha value is -2.97. The summed E-state index contributed by atoms with van der Waals surface area (Å²) >= 11 is 12.4. The molecule has 3 aromatic rings. The Morgan fingerprint density at radius 3 is 2.63 bits per heavy atom. The highest BCUT2D eigenvalue weighted by Gasteiger charge is 2.33. The maximum Gasteiger partial charge on any atom is 0.244 e. The number of nitrogens with two attached hydrogens (primary N) is 1. The second kappa shape index (κ2) is 8.04. The molecule has 2 aromatic carbocycles. The highest BCUT2D eigenvalue weighted by atomic mass is 35.5. The number of aryl methyl sites for hydroxylation is 1. The number of halogens is 4. The number of para-hydroxylation sites is 1. The monoisotopic (exact) mass is 449 g/mol. The second-order valence-electron chi connectivity index (χ2n) is 6.52. The first-order valence-electron chi connectivity index (χ1n) is 8.86. The normalized spacial score (nSPS) is 16.0. The van der Waals surface area contributed by atoms with Gasteiger partial charge in [0.25, 0.3) is 0 Å². The summed E-state index contributed by atoms with van der Waals surface area (Å²) in [5.74, 6) is -0.957. The van der Waals surface area contributed by atoms with E-state index in [1.807, 2.05) is 0 Å². The van der Waals surface area contributed by atoms with Crippen LogP contribution in [0.15, 0.2) is 47.6 Å². The number of aromatic nitrogens is 2. The van der Waals surface area contributed by atoms with Crippen LogP contribution in [0.4, 0.5) is 20.2 Å². The van der Waals surface area contributed by atoms with Crippen molar-refractivity contribution in [3.8, 4) is 5.88 Å². The first-order chi connectivity index (χ1) is 14.3. The van der Waals surface area contributed by atoms with Crippen molar-refractivity contribution in [2.75, 3.05) is 10.7 Å². The van der Waals surface area contributed by atoms with E-state index in [0.717, 1.165) is 6.07 Å². The maximum absolute atomic E-state index is 14.4. The molecule has 0 saturated heterocycles. The summed E-state index contributed by atoms with van der Waals surface area (Å²) in [6, 6.07) is 10.3. The van der Waals surface area contributed by atoms with Gasteiger partial charge in [-0.3, -0.25) is 0 Å². The number of hydrogen-bond donors (Lipinski definition) is 1. The minimum absolute atomic E-state index is 0.0607. The van der Waals surface area contributed by atoms with Crippen LogP contribution in [0.25, 0.3) is 0 Å². The zero-order valence-corrected chi connectivity index (χ0v) is 17.1. The molecule has 0 amide bonds. The predicted molar refractivity (Wildman–Crippen MR) is 112 cm³/mol. The molecule has 0 aliphatic carbocycles. The van der Waals surface area contributed by atoms with Gasteiger partial charge in [0.1, 0.15) is 23.1 Å². The number of hydrogen-bond acceptors (Lipinski definition) is 6. The highest BCUT2D eigenvalue weighted by molar-refractivity contribution is 6.33. The average Bonchev–Trinajstić information content (AvgIpc) is 3.09. The molecule has 0 spiro atoms. The summed E-state index contributed by atoms with van der Waals surface area (Å²) in [5.41, 5.74) is 7.09. The minimum Gasteiger partial charge on any atom is -0.450 e. The summed E-state index contributed by atoms with van der Waals surface area (Å²) < 4.78 is 33.7. The third-order valence-electron chi connectivity index (χ3n) is 4.43. The van der Waals surface area contributed by atoms with Gasteiger partial charge < -0.3 is 10.5 Å². The van der Waals surface area contributed by atoms with E-state index in [1.165, 1.54) is 17.1 Å². The molecular weight excluding hydrogens is 435 g/mol. The van der Waals surface area contributed by atoms with Crippen molar-refractivity contribution >= 4 is 40.3 Å². The zero-order chi connectivity index (χ0) is 21.4. The smallest absolute Gasteiger partial charge is 0.244 e. The van der Waals surface area contributed by atoms with Crippen molar-refractivity contribution in [3.05, 3.63) is 75.7 Å². The Kier molecular flexibility index (Phi) is 5.44. The van der Waals surface area contributed by atoms with Gasteiger partial charge in [0.15, 0.2) is 11.4 Å². The number of hydrazone groups is 1. The lowest BCUT2D eigenvalue weighted by molar-refractivity contribution is 0.205. The van der Waals surface area contributed by atoms with Crippen molar-refractivity contribution in [1.29, 1.82) is 0 Å². The SMILES string of the molecule is Cc1nc(Cl)c(N)c(O[C@@H]2CC(c3ccc(F)cc3F)=NN2c2ccccc2Cl)n1. The lowest BCUT2D eigenvalue weighted by atomic mass is 10.1. The molecular formula is C20H15Cl2F2N5O. The fourth-order valence-electron chi connectivity index (χ4n) is 3.05. The first-order valence-corrected chi connectivity index (χ1v) is 9.62. The Morgan fingerprint density at radius 2 is 1.90 bits per heavy atom. The largest absolute Gasteiger partial charge is 0.450 e. The molecule has 1 aliphatic rings. The van der Waals surface area contributed by atoms with E-state index < -0.39 is 17.9 Å². The lowest BCUT2D eigenvalue weighted by Crippen LogP contribution is -2.33. The molecule has 30 heavy (non-hydrogen) atoms. The van der Waals surface area contributed by atoms with Crippen LogP contribution in [0.3, 0.4) is 0 Å². The van der Waals surface area contributed by atoms with Gasteiger partial charge in [-0.1, -0.05) is 35.3 Å². The molecule has 0 radical (unpaired) electrons. The van der Waals surface area contributed by atoms with Gasteiger partial charge in [-0.25, -0.2) is 18.8 Å². The summed E-state index contributed by atoms with van der Waals surface area (Å²) in [5, 5.41) is 6.48. The van der Waals surface area contributed by atoms with Gasteiger partial charge in [-0.15, -0.1) is 0 Å². The Morgan fingerprint density at radius 1 is 1.13 bits per heavy atom. The molecule has 0 fully saturated rings. The van der Waals surface area contributed by atoms with E-state index in [9.17, 15) is 8.78 Å². The minimum atomic E-state index is -0.753. The molecule has 1 aliphatic heterocycles. The summed E-state index contributed by atoms with van der Waals surface area (Å²) in [6.07, 6.45) is -0.592. The molecule has 0 saturated carbocycles. The average molecular weight is 450 g/mol. The molecule has 0 bridgehead atoms. The number of anilines is 2. The molecule has 154 valence electrons. The lowest BCUT2D eigenvalue weighted by Gasteiger charge is -2.25. The van der Waals surface area contributed by atoms with E-state index in [-0.39, 0.29) is 28.7 Å². The van der Waals surface area contributed by atoms with E-state index in [4.69, 9.17) is 33.7 Å². The Bertz CT molecular complexity index is 1160. The fourth-order valence-corrected chi connectivity index (χ4v) is 3.48. The molecule has 4 rings (SSSR count). The van der Waals surface area contributed by atoms with Crippen LogP contribution in [0.2, 0.25) is 10.2 Å². The van der Waals surface area contributed by atoms with Crippen LogP contribution in [0.5, 0.6) is 5.88 Å². The third kappa shape index (κ3) is 3.88. The molecule has 10 heteroatoms. The van der Waals surface area contributed by atoms with Crippen LogP contribution in [0, 0.1) is 18.6 Å². The van der Waals surface area contributed by atoms with Gasteiger partial charge in [-0.2, -0.15) is 10.1 Å². The number of rotatable bonds is 4. The maximum atomic E-state index is 14.4. The molecule has 2 N–H and O–H groups in total. The second-order valence-corrected chi connectivity index (χ2v) is 7.29. The van der Waals surface area contributed by atoms with Crippen molar-refractivity contribution in [2.24, 2.45) is 5.10 Å². The Balaban J connectivity index is 1.75. The van der Waals surface area contributed by atoms with Crippen molar-refractivity contribution in [2.45, 2.75) is 19.6 Å². The standard InChI is InChI=1S/C20H15Cl2F2N5O/c1-10-26-19(22)18(25)20(27-10)30-17-9-15(12-7-6-11(23)8-14(12)24)28-29(17)16-5-3-2-4-13(16)21/h2-8,17H,9,25H2,1H3/t17-/m1/s1. The van der Waals surface area contributed by atoms with E-state index in [0.29, 0.717) is 22.2 Å². The van der Waals surface area contributed by atoms with E-state index >= 15 is 0 Å². The van der Waals surface area contributed by atoms with E-state index in [1.54, 1.807) is 31.2 Å².